The van der Waals surface area contributed by atoms with Crippen molar-refractivity contribution in [1.29, 1.82) is 0 Å². The number of nitrogens with zero attached hydrogens (tertiary/aromatic N) is 4. The molecule has 10 heteroatoms. The second kappa shape index (κ2) is 16.8. The van der Waals surface area contributed by atoms with Gasteiger partial charge in [0.2, 0.25) is 0 Å². The maximum Gasteiger partial charge on any atom is 0.130 e. The summed E-state index contributed by atoms with van der Waals surface area (Å²) < 4.78 is 48.9. The Hall–Kier alpha value is -5.55. The van der Waals surface area contributed by atoms with Gasteiger partial charge in [-0.15, -0.1) is 22.7 Å². The molecule has 0 radical (unpaired) electrons. The summed E-state index contributed by atoms with van der Waals surface area (Å²) in [6.45, 7) is 4.52. The van der Waals surface area contributed by atoms with Crippen molar-refractivity contribution < 1.29 is 18.3 Å². The van der Waals surface area contributed by atoms with Crippen LogP contribution < -0.4 is 0 Å². The van der Waals surface area contributed by atoms with Crippen LogP contribution in [-0.2, 0) is 12.8 Å². The van der Waals surface area contributed by atoms with Gasteiger partial charge in [0.1, 0.15) is 17.8 Å². The molecule has 64 heavy (non-hydrogen) atoms. The van der Waals surface area contributed by atoms with Crippen molar-refractivity contribution in [2.24, 2.45) is 22.7 Å². The van der Waals surface area contributed by atoms with Gasteiger partial charge in [0.15, 0.2) is 0 Å². The monoisotopic (exact) mass is 894 g/mol. The van der Waals surface area contributed by atoms with Crippen LogP contribution in [0.2, 0.25) is 0 Å². The van der Waals surface area contributed by atoms with Crippen LogP contribution in [0.25, 0.3) is 43.7 Å². The van der Waals surface area contributed by atoms with Crippen LogP contribution in [0.15, 0.2) is 131 Å². The van der Waals surface area contributed by atoms with Gasteiger partial charge in [-0.3, -0.25) is 0 Å². The third-order valence-corrected chi connectivity index (χ3v) is 16.5. The Morgan fingerprint density at radius 3 is 1.58 bits per heavy atom. The summed E-state index contributed by atoms with van der Waals surface area (Å²) in [5.41, 5.74) is 10.4. The lowest BCUT2D eigenvalue weighted by Gasteiger charge is -2.38. The number of halogens is 3. The second-order valence-electron chi connectivity index (χ2n) is 17.9. The number of thiophene rings is 2. The van der Waals surface area contributed by atoms with E-state index in [1.807, 2.05) is 57.5 Å². The Morgan fingerprint density at radius 2 is 1.06 bits per heavy atom. The molecule has 2 saturated carbocycles. The molecule has 0 aliphatic heterocycles. The molecule has 12 rings (SSSR count). The van der Waals surface area contributed by atoms with Gasteiger partial charge in [0.05, 0.1) is 41.3 Å². The molecule has 5 nitrogen and oxygen atoms in total. The number of hydrogen-bond donors (Lipinski definition) is 1. The number of benzene rings is 4. The van der Waals surface area contributed by atoms with Gasteiger partial charge in [-0.25, -0.2) is 22.5 Å². The summed E-state index contributed by atoms with van der Waals surface area (Å²) in [4.78, 5) is 0. The molecule has 8 aromatic rings. The molecule has 0 unspecified atom stereocenters. The fourth-order valence-corrected chi connectivity index (χ4v) is 13.2. The fourth-order valence-electron chi connectivity index (χ4n) is 11.2. The van der Waals surface area contributed by atoms with Crippen molar-refractivity contribution >= 4 is 55.0 Å². The lowest BCUT2D eigenvalue weighted by atomic mass is 9.67. The molecule has 0 bridgehead atoms. The van der Waals surface area contributed by atoms with E-state index in [-0.39, 0.29) is 49.2 Å². The first-order chi connectivity index (χ1) is 30.1. The van der Waals surface area contributed by atoms with Gasteiger partial charge >= 0.3 is 0 Å². The molecule has 4 aliphatic carbocycles. The lowest BCUT2D eigenvalue weighted by Crippen LogP contribution is -2.32. The van der Waals surface area contributed by atoms with E-state index in [0.29, 0.717) is 0 Å². The van der Waals surface area contributed by atoms with Gasteiger partial charge in [-0.1, -0.05) is 76.2 Å². The van der Waals surface area contributed by atoms with Crippen molar-refractivity contribution in [3.63, 3.8) is 0 Å². The molecule has 1 N–H and O–H groups in total. The normalized spacial score (nSPS) is 22.7. The summed E-state index contributed by atoms with van der Waals surface area (Å²) in [7, 11) is 0. The smallest absolute Gasteiger partial charge is 0.130 e. The van der Waals surface area contributed by atoms with Gasteiger partial charge < -0.3 is 5.11 Å². The van der Waals surface area contributed by atoms with Gasteiger partial charge in [-0.2, -0.15) is 10.2 Å². The minimum Gasteiger partial charge on any atom is -0.388 e. The molecule has 328 valence electrons. The van der Waals surface area contributed by atoms with E-state index in [9.17, 15) is 13.9 Å². The number of alkyl halides is 1. The molecule has 0 amide bonds. The molecular formula is C54H53F3N4OS2. The summed E-state index contributed by atoms with van der Waals surface area (Å²) >= 11 is 3.33. The average molecular weight is 895 g/mol. The maximum atomic E-state index is 16.0. The lowest BCUT2D eigenvalue weighted by molar-refractivity contribution is 0.0569. The Balaban J connectivity index is 0.000000157. The minimum atomic E-state index is -0.985. The number of aromatic nitrogens is 4. The molecule has 4 aromatic heterocycles. The Morgan fingerprint density at radius 1 is 0.625 bits per heavy atom. The predicted molar refractivity (Wildman–Crippen MR) is 258 cm³/mol. The number of aliphatic hydroxyl groups is 1. The van der Waals surface area contributed by atoms with E-state index in [0.717, 1.165) is 88.1 Å². The summed E-state index contributed by atoms with van der Waals surface area (Å²) in [6, 6.07) is 29.3. The Bertz CT molecular complexity index is 2840. The van der Waals surface area contributed by atoms with E-state index >= 15 is 4.39 Å². The highest BCUT2D eigenvalue weighted by molar-refractivity contribution is 7.17. The number of hydrogen-bond acceptors (Lipinski definition) is 5. The first kappa shape index (κ1) is 43.7. The zero-order valence-electron chi connectivity index (χ0n) is 34.4. The Kier molecular flexibility index (Phi) is 11.5. The summed E-state index contributed by atoms with van der Waals surface area (Å²) in [5, 5.41) is 27.0. The number of allylic oxidation sites excluding steroid dienone is 2. The highest BCUT2D eigenvalue weighted by Crippen LogP contribution is 2.59. The minimum absolute atomic E-state index is 0. The second-order valence-corrected chi connectivity index (χ2v) is 19.7. The number of fused-ring (bicyclic) bond motifs is 6. The van der Waals surface area contributed by atoms with E-state index in [1.54, 1.807) is 46.9 Å². The van der Waals surface area contributed by atoms with Crippen LogP contribution in [0.4, 0.5) is 13.2 Å². The Labute approximate surface area is 381 Å². The zero-order valence-corrected chi connectivity index (χ0v) is 36.1. The summed E-state index contributed by atoms with van der Waals surface area (Å²) in [5.74, 6) is -0.397. The van der Waals surface area contributed by atoms with Crippen LogP contribution in [0.3, 0.4) is 0 Å². The third-order valence-electron chi connectivity index (χ3n) is 14.6. The molecule has 2 fully saturated rings. The highest BCUT2D eigenvalue weighted by atomic mass is 32.1. The van der Waals surface area contributed by atoms with Crippen molar-refractivity contribution in [1.82, 2.24) is 19.6 Å². The number of aliphatic hydroxyl groups excluding tert-OH is 1. The fraction of sp³-hybridized carbons (Fsp3) is 0.296. The molecule has 4 aromatic carbocycles. The van der Waals surface area contributed by atoms with E-state index in [4.69, 9.17) is 0 Å². The quantitative estimate of drug-likeness (QED) is 0.181. The van der Waals surface area contributed by atoms with Crippen molar-refractivity contribution in [3.05, 3.63) is 177 Å². The molecule has 6 atom stereocenters. The first-order valence-corrected chi connectivity index (χ1v) is 23.2. The van der Waals surface area contributed by atoms with Crippen LogP contribution in [0.1, 0.15) is 100 Å². The number of rotatable bonds is 6. The van der Waals surface area contributed by atoms with Crippen LogP contribution in [0, 0.1) is 34.3 Å². The van der Waals surface area contributed by atoms with E-state index in [2.05, 4.69) is 59.8 Å². The van der Waals surface area contributed by atoms with Crippen molar-refractivity contribution in [2.75, 3.05) is 0 Å². The molecule has 4 aliphatic rings. The molecule has 0 saturated heterocycles. The first-order valence-electron chi connectivity index (χ1n) is 21.4. The summed E-state index contributed by atoms with van der Waals surface area (Å²) in [6.07, 6.45) is 12.2. The largest absolute Gasteiger partial charge is 0.388 e. The zero-order chi connectivity index (χ0) is 42.3. The average Bonchev–Trinajstić information content (AvgIpc) is 4.15. The van der Waals surface area contributed by atoms with E-state index < -0.39 is 12.3 Å². The van der Waals surface area contributed by atoms with Crippen LogP contribution in [-0.4, -0.2) is 24.7 Å². The SMILES string of the molecule is C.C.C[C@]12Cc3cnn(-c4ccc(F)cc4)c3C=C1CC[C@@H]2[C@@H](F)c1csc2ccccc12.C[C@]12Cc3cnn(-c4ccc(F)cc4)c3C=C1CC[C@@H]2[C@@H](O)c1csc2ccccc12. The standard InChI is InChI=1S/C26H22F2N2S.C26H23FN2OS.2CH4/c1-26-13-16-14-29-30(19-9-7-18(27)8-10-19)23(16)12-17(26)6-11-22(26)25(28)21-15-31-24-5-3-2-4-20(21)24;1-26-13-16-14-28-29(19-9-7-18(27)8-10-19)23(16)12-17(26)6-11-22(26)25(30)21-15-31-24-5-3-2-4-20(21)24;;/h2-5,7-10,12,14-15,22,25H,6,11,13H2,1H3;2-5,7-10,12,14-15,22,25,30H,6,11,13H2,1H3;2*1H4/t2*22-,25+,26+;;/m11../s1. The van der Waals surface area contributed by atoms with Gasteiger partial charge in [-0.05, 0) is 166 Å². The van der Waals surface area contributed by atoms with Gasteiger partial charge in [0, 0.05) is 20.9 Å². The molecular weight excluding hydrogens is 842 g/mol. The van der Waals surface area contributed by atoms with E-state index in [1.165, 1.54) is 51.1 Å². The van der Waals surface area contributed by atoms with Crippen LogP contribution in [0.5, 0.6) is 0 Å². The third kappa shape index (κ3) is 7.09. The predicted octanol–water partition coefficient (Wildman–Crippen LogP) is 14.9. The highest BCUT2D eigenvalue weighted by Gasteiger charge is 2.50. The maximum absolute atomic E-state index is 16.0. The van der Waals surface area contributed by atoms with Gasteiger partial charge in [0.25, 0.3) is 0 Å². The van der Waals surface area contributed by atoms with Crippen LogP contribution >= 0.6 is 22.7 Å². The molecule has 0 spiro atoms. The topological polar surface area (TPSA) is 55.9 Å². The van der Waals surface area contributed by atoms with Crippen molar-refractivity contribution in [3.8, 4) is 11.4 Å². The van der Waals surface area contributed by atoms with Crippen molar-refractivity contribution in [2.45, 2.75) is 79.5 Å². The molecule has 4 heterocycles.